The number of urea groups is 1. The molecule has 0 unspecified atom stereocenters. The summed E-state index contributed by atoms with van der Waals surface area (Å²) in [5, 5.41) is 0.976. The second kappa shape index (κ2) is 16.7. The Bertz CT molecular complexity index is 1900. The number of benzene rings is 3. The molecule has 1 fully saturated rings. The molecule has 0 bridgehead atoms. The molecule has 1 aliphatic heterocycles. The van der Waals surface area contributed by atoms with Gasteiger partial charge in [0.15, 0.2) is 0 Å². The van der Waals surface area contributed by atoms with Crippen molar-refractivity contribution in [3.8, 4) is 5.75 Å². The second-order valence-corrected chi connectivity index (χ2v) is 17.0. The number of amidine groups is 1. The zero-order valence-electron chi connectivity index (χ0n) is 30.7. The molecule has 1 aliphatic rings. The van der Waals surface area contributed by atoms with Crippen LogP contribution in [0.4, 0.5) is 4.79 Å². The van der Waals surface area contributed by atoms with E-state index in [2.05, 4.69) is 4.72 Å². The molecule has 4 rings (SSSR count). The fraction of sp³-hybridized carbons (Fsp3) is 0.432. The van der Waals surface area contributed by atoms with Crippen LogP contribution in [-0.4, -0.2) is 92.9 Å². The lowest BCUT2D eigenvalue weighted by molar-refractivity contribution is -0.148. The summed E-state index contributed by atoms with van der Waals surface area (Å²) in [6.07, 6.45) is 0. The Balaban J connectivity index is 2.05. The number of likely N-dealkylation sites (N-methyl/N-ethyl adjacent to an activating group) is 1. The normalized spacial score (nSPS) is 16.1. The molecule has 0 spiro atoms. The van der Waals surface area contributed by atoms with Crippen molar-refractivity contribution in [2.24, 2.45) is 4.99 Å². The number of nitrogens with zero attached hydrogens (tertiary/aromatic N) is 4. The fourth-order valence-corrected chi connectivity index (χ4v) is 7.93. The van der Waals surface area contributed by atoms with Crippen molar-refractivity contribution in [1.29, 1.82) is 0 Å². The zero-order chi connectivity index (χ0) is 38.6. The number of hydrogen-bond donors (Lipinski definition) is 1. The number of methoxy groups -OCH3 is 1. The molecule has 0 aromatic heterocycles. The van der Waals surface area contributed by atoms with E-state index < -0.39 is 39.1 Å². The molecule has 3 aromatic carbocycles. The monoisotopic (exact) mass is 793 g/mol. The second-order valence-electron chi connectivity index (χ2n) is 14.0. The van der Waals surface area contributed by atoms with Crippen LogP contribution < -0.4 is 9.46 Å². The summed E-state index contributed by atoms with van der Waals surface area (Å²) in [6.45, 7) is 11.6. The number of carbonyl (C=O) groups excluding carboxylic acids is 2. The number of rotatable bonds is 10. The van der Waals surface area contributed by atoms with E-state index in [1.54, 1.807) is 76.0 Å². The van der Waals surface area contributed by atoms with Crippen molar-refractivity contribution in [3.05, 3.63) is 92.4 Å². The molecule has 1 heterocycles. The number of amides is 2. The van der Waals surface area contributed by atoms with Crippen LogP contribution in [-0.2, 0) is 31.6 Å². The maximum Gasteiger partial charge on any atom is 0.326 e. The van der Waals surface area contributed by atoms with Crippen LogP contribution in [0.1, 0.15) is 58.2 Å². The number of halogens is 3. The number of aliphatic imine (C=N–C) groups is 1. The van der Waals surface area contributed by atoms with Gasteiger partial charge >= 0.3 is 12.0 Å². The van der Waals surface area contributed by atoms with E-state index in [1.165, 1.54) is 24.1 Å². The maximum atomic E-state index is 15.0. The van der Waals surface area contributed by atoms with Crippen LogP contribution >= 0.6 is 34.8 Å². The summed E-state index contributed by atoms with van der Waals surface area (Å²) in [7, 11) is -1.08. The van der Waals surface area contributed by atoms with Crippen molar-refractivity contribution in [2.45, 2.75) is 70.1 Å². The lowest BCUT2D eigenvalue weighted by Gasteiger charge is -2.40. The molecular weight excluding hydrogens is 749 g/mol. The molecule has 3 aromatic rings. The number of hydrogen-bond acceptors (Lipinski definition) is 8. The molecule has 1 N–H and O–H groups in total. The Hall–Kier alpha value is -3.39. The van der Waals surface area contributed by atoms with E-state index in [-0.39, 0.29) is 46.8 Å². The van der Waals surface area contributed by atoms with Crippen LogP contribution in [0.3, 0.4) is 0 Å². The summed E-state index contributed by atoms with van der Waals surface area (Å²) in [4.78, 5) is 37.7. The van der Waals surface area contributed by atoms with Crippen LogP contribution in [0.15, 0.2) is 70.6 Å². The van der Waals surface area contributed by atoms with Gasteiger partial charge in [-0.3, -0.25) is 19.6 Å². The number of esters is 1. The van der Waals surface area contributed by atoms with Crippen LogP contribution in [0.2, 0.25) is 15.1 Å². The summed E-state index contributed by atoms with van der Waals surface area (Å²) < 4.78 is 41.5. The molecule has 2 amide bonds. The predicted octanol–water partition coefficient (Wildman–Crippen LogP) is 7.22. The number of ether oxygens (including phenoxy) is 2. The zero-order valence-corrected chi connectivity index (χ0v) is 33.8. The lowest BCUT2D eigenvalue weighted by atomic mass is 9.94. The highest BCUT2D eigenvalue weighted by atomic mass is 35.5. The summed E-state index contributed by atoms with van der Waals surface area (Å²) in [5.74, 6) is -0.145. The van der Waals surface area contributed by atoms with E-state index in [0.717, 1.165) is 5.56 Å². The number of nitrogens with one attached hydrogen (secondary N) is 1. The van der Waals surface area contributed by atoms with Crippen molar-refractivity contribution in [2.75, 3.05) is 40.4 Å². The fourth-order valence-electron chi connectivity index (χ4n) is 5.72. The Kier molecular flexibility index (Phi) is 13.3. The maximum absolute atomic E-state index is 15.0. The third-order valence-corrected chi connectivity index (χ3v) is 11.1. The van der Waals surface area contributed by atoms with Gasteiger partial charge in [-0.1, -0.05) is 59.1 Å². The van der Waals surface area contributed by atoms with E-state index in [4.69, 9.17) is 49.3 Å². The molecule has 0 radical (unpaired) electrons. The van der Waals surface area contributed by atoms with Gasteiger partial charge in [0.25, 0.3) is 0 Å². The average Bonchev–Trinajstić information content (AvgIpc) is 3.06. The van der Waals surface area contributed by atoms with Crippen molar-refractivity contribution in [3.63, 3.8) is 0 Å². The van der Waals surface area contributed by atoms with Crippen molar-refractivity contribution in [1.82, 2.24) is 19.4 Å². The Labute approximate surface area is 321 Å². The number of sulfonamides is 1. The first-order valence-corrected chi connectivity index (χ1v) is 19.3. The molecule has 1 atom stereocenters. The average molecular weight is 795 g/mol. The van der Waals surface area contributed by atoms with Gasteiger partial charge in [0.2, 0.25) is 10.0 Å². The Morgan fingerprint density at radius 3 is 2.12 bits per heavy atom. The van der Waals surface area contributed by atoms with E-state index in [9.17, 15) is 18.0 Å². The van der Waals surface area contributed by atoms with Gasteiger partial charge in [-0.25, -0.2) is 17.9 Å². The van der Waals surface area contributed by atoms with E-state index >= 15 is 0 Å². The summed E-state index contributed by atoms with van der Waals surface area (Å²) in [5.41, 5.74) is -0.136. The minimum atomic E-state index is -4.19. The first-order chi connectivity index (χ1) is 24.3. The quantitative estimate of drug-likeness (QED) is 0.131. The highest BCUT2D eigenvalue weighted by Crippen LogP contribution is 2.35. The molecule has 15 heteroatoms. The standard InChI is InChI=1S/C37H46Cl3N5O6S/c1-9-51-31-21-29(40)32(52(48,49)42-36(2,3)4)20-28(31)33(41-37(5,6)25-12-16-27(39)17-13-25)45(22-24-10-14-26(38)15-11-24)35(47)44-19-18-43(7)30(23-44)34(46)50-8/h10-17,20-21,30,42H,9,18-19,22-23H2,1-8H3/t30-/m0/s1. The molecular formula is C37H46Cl3N5O6S. The minimum absolute atomic E-state index is 0.00270. The summed E-state index contributed by atoms with van der Waals surface area (Å²) >= 11 is 19.2. The van der Waals surface area contributed by atoms with E-state index in [1.807, 2.05) is 30.9 Å². The molecule has 1 saturated heterocycles. The smallest absolute Gasteiger partial charge is 0.326 e. The van der Waals surface area contributed by atoms with Gasteiger partial charge in [0.1, 0.15) is 22.5 Å². The van der Waals surface area contributed by atoms with E-state index in [0.29, 0.717) is 28.7 Å². The Morgan fingerprint density at radius 2 is 1.56 bits per heavy atom. The van der Waals surface area contributed by atoms with Gasteiger partial charge in [0.05, 0.1) is 36.4 Å². The third kappa shape index (κ3) is 10.2. The number of carbonyl (C=O) groups is 2. The van der Waals surface area contributed by atoms with Gasteiger partial charge in [0, 0.05) is 41.3 Å². The largest absolute Gasteiger partial charge is 0.493 e. The molecule has 282 valence electrons. The topological polar surface area (TPSA) is 121 Å². The first kappa shape index (κ1) is 41.4. The highest BCUT2D eigenvalue weighted by molar-refractivity contribution is 7.89. The van der Waals surface area contributed by atoms with Crippen molar-refractivity contribution >= 4 is 62.7 Å². The highest BCUT2D eigenvalue weighted by Gasteiger charge is 2.38. The molecule has 0 aliphatic carbocycles. The van der Waals surface area contributed by atoms with Gasteiger partial charge in [-0.15, -0.1) is 0 Å². The predicted molar refractivity (Wildman–Crippen MR) is 206 cm³/mol. The van der Waals surface area contributed by atoms with Crippen LogP contribution in [0, 0.1) is 0 Å². The van der Waals surface area contributed by atoms with Crippen LogP contribution in [0.25, 0.3) is 0 Å². The molecule has 0 saturated carbocycles. The lowest BCUT2D eigenvalue weighted by Crippen LogP contribution is -2.59. The van der Waals surface area contributed by atoms with Crippen molar-refractivity contribution < 1.29 is 27.5 Å². The first-order valence-electron chi connectivity index (χ1n) is 16.7. The third-order valence-electron chi connectivity index (χ3n) is 8.37. The molecule has 11 nitrogen and oxygen atoms in total. The minimum Gasteiger partial charge on any atom is -0.493 e. The van der Waals surface area contributed by atoms with Gasteiger partial charge in [-0.05, 0) is 90.0 Å². The van der Waals surface area contributed by atoms with Crippen LogP contribution in [0.5, 0.6) is 5.75 Å². The SMILES string of the molecule is CCOc1cc(Cl)c(S(=O)(=O)NC(C)(C)C)cc1C(=NC(C)(C)c1ccc(Cl)cc1)N(Cc1ccc(Cl)cc1)C(=O)N1CCN(C)[C@H](C(=O)OC)C1. The molecule has 52 heavy (non-hydrogen) atoms. The van der Waals surface area contributed by atoms with Gasteiger partial charge < -0.3 is 14.4 Å². The summed E-state index contributed by atoms with van der Waals surface area (Å²) in [6, 6.07) is 15.8. The Morgan fingerprint density at radius 1 is 0.962 bits per heavy atom. The number of piperazine rings is 1. The van der Waals surface area contributed by atoms with Gasteiger partial charge in [-0.2, -0.15) is 0 Å².